The van der Waals surface area contributed by atoms with Crippen molar-refractivity contribution in [2.75, 3.05) is 20.3 Å². The first kappa shape index (κ1) is 15.1. The van der Waals surface area contributed by atoms with Crippen LogP contribution in [0.25, 0.3) is 11.1 Å². The zero-order valence-electron chi connectivity index (χ0n) is 12.5. The zero-order valence-corrected chi connectivity index (χ0v) is 13.3. The van der Waals surface area contributed by atoms with E-state index in [1.807, 2.05) is 30.3 Å². The number of pyridine rings is 1. The largest absolute Gasteiger partial charge is 0.497 e. The molecule has 5 heteroatoms. The SMILES string of the molecule is COc1cccc(-c2cc(OCC3(CN)CC3)cnc2Cl)c1. The second-order valence-corrected chi connectivity index (χ2v) is 6.09. The highest BCUT2D eigenvalue weighted by Crippen LogP contribution is 2.44. The molecule has 4 nitrogen and oxygen atoms in total. The maximum atomic E-state index is 6.23. The first-order valence-electron chi connectivity index (χ1n) is 7.29. The Labute approximate surface area is 135 Å². The maximum Gasteiger partial charge on any atom is 0.138 e. The lowest BCUT2D eigenvalue weighted by Crippen LogP contribution is -2.22. The first-order valence-corrected chi connectivity index (χ1v) is 7.66. The minimum atomic E-state index is 0.162. The molecule has 0 aliphatic heterocycles. The third kappa shape index (κ3) is 3.18. The number of aromatic nitrogens is 1. The Kier molecular flexibility index (Phi) is 4.23. The van der Waals surface area contributed by atoms with Crippen molar-refractivity contribution in [1.29, 1.82) is 0 Å². The quantitative estimate of drug-likeness (QED) is 0.828. The number of nitrogens with zero attached hydrogens (tertiary/aromatic N) is 1. The Hall–Kier alpha value is -1.78. The molecule has 0 radical (unpaired) electrons. The fourth-order valence-electron chi connectivity index (χ4n) is 2.32. The predicted octanol–water partition coefficient (Wildman–Crippen LogP) is 3.53. The Morgan fingerprint density at radius 2 is 2.09 bits per heavy atom. The van der Waals surface area contributed by atoms with E-state index in [2.05, 4.69) is 4.98 Å². The smallest absolute Gasteiger partial charge is 0.138 e. The van der Waals surface area contributed by atoms with E-state index in [-0.39, 0.29) is 5.41 Å². The van der Waals surface area contributed by atoms with Crippen LogP contribution in [-0.2, 0) is 0 Å². The van der Waals surface area contributed by atoms with Gasteiger partial charge in [0.1, 0.15) is 16.7 Å². The van der Waals surface area contributed by atoms with Crippen LogP contribution in [0.15, 0.2) is 36.5 Å². The van der Waals surface area contributed by atoms with Gasteiger partial charge in [-0.05, 0) is 36.6 Å². The number of ether oxygens (including phenoxy) is 2. The van der Waals surface area contributed by atoms with Gasteiger partial charge in [0.05, 0.1) is 19.9 Å². The summed E-state index contributed by atoms with van der Waals surface area (Å²) in [6.45, 7) is 1.29. The lowest BCUT2D eigenvalue weighted by atomic mass is 10.1. The van der Waals surface area contributed by atoms with E-state index in [4.69, 9.17) is 26.8 Å². The van der Waals surface area contributed by atoms with Crippen LogP contribution in [0.5, 0.6) is 11.5 Å². The molecule has 116 valence electrons. The lowest BCUT2D eigenvalue weighted by molar-refractivity contribution is 0.238. The van der Waals surface area contributed by atoms with Crippen molar-refractivity contribution in [3.8, 4) is 22.6 Å². The molecule has 1 aromatic carbocycles. The summed E-state index contributed by atoms with van der Waals surface area (Å²) in [5, 5.41) is 0.445. The van der Waals surface area contributed by atoms with Gasteiger partial charge in [-0.1, -0.05) is 23.7 Å². The summed E-state index contributed by atoms with van der Waals surface area (Å²) >= 11 is 6.23. The average molecular weight is 319 g/mol. The average Bonchev–Trinajstić information content (AvgIpc) is 3.35. The molecule has 0 bridgehead atoms. The molecule has 1 saturated carbocycles. The number of benzene rings is 1. The molecule has 0 atom stereocenters. The summed E-state index contributed by atoms with van der Waals surface area (Å²) in [5.41, 5.74) is 7.72. The molecule has 0 saturated heterocycles. The number of methoxy groups -OCH3 is 1. The van der Waals surface area contributed by atoms with Crippen molar-refractivity contribution >= 4 is 11.6 Å². The number of hydrogen-bond acceptors (Lipinski definition) is 4. The molecule has 3 rings (SSSR count). The van der Waals surface area contributed by atoms with Crippen LogP contribution in [0.3, 0.4) is 0 Å². The van der Waals surface area contributed by atoms with Gasteiger partial charge >= 0.3 is 0 Å². The van der Waals surface area contributed by atoms with Gasteiger partial charge in [0.15, 0.2) is 0 Å². The Morgan fingerprint density at radius 3 is 2.77 bits per heavy atom. The van der Waals surface area contributed by atoms with E-state index in [0.29, 0.717) is 24.1 Å². The van der Waals surface area contributed by atoms with E-state index < -0.39 is 0 Å². The van der Waals surface area contributed by atoms with Gasteiger partial charge in [-0.3, -0.25) is 0 Å². The number of rotatable bonds is 6. The summed E-state index contributed by atoms with van der Waals surface area (Å²) in [4.78, 5) is 4.23. The summed E-state index contributed by atoms with van der Waals surface area (Å²) in [5.74, 6) is 1.49. The fourth-order valence-corrected chi connectivity index (χ4v) is 2.53. The normalized spacial score (nSPS) is 15.4. The molecule has 1 aromatic heterocycles. The molecule has 2 aromatic rings. The molecule has 1 aliphatic carbocycles. The van der Waals surface area contributed by atoms with E-state index in [0.717, 1.165) is 29.7 Å². The third-order valence-electron chi connectivity index (χ3n) is 4.13. The lowest BCUT2D eigenvalue weighted by Gasteiger charge is -2.14. The van der Waals surface area contributed by atoms with Gasteiger partial charge in [0.25, 0.3) is 0 Å². The van der Waals surface area contributed by atoms with Crippen LogP contribution in [0, 0.1) is 5.41 Å². The number of halogens is 1. The van der Waals surface area contributed by atoms with E-state index in [1.54, 1.807) is 13.3 Å². The second kappa shape index (κ2) is 6.15. The maximum absolute atomic E-state index is 6.23. The van der Waals surface area contributed by atoms with Gasteiger partial charge in [-0.25, -0.2) is 4.98 Å². The van der Waals surface area contributed by atoms with E-state index in [9.17, 15) is 0 Å². The Bertz CT molecular complexity index is 671. The van der Waals surface area contributed by atoms with Crippen molar-refractivity contribution in [1.82, 2.24) is 4.98 Å². The molecule has 1 fully saturated rings. The topological polar surface area (TPSA) is 57.4 Å². The first-order chi connectivity index (χ1) is 10.7. The molecule has 2 N–H and O–H groups in total. The van der Waals surface area contributed by atoms with E-state index in [1.165, 1.54) is 0 Å². The monoisotopic (exact) mass is 318 g/mol. The molecule has 1 aliphatic rings. The van der Waals surface area contributed by atoms with Gasteiger partial charge in [0.2, 0.25) is 0 Å². The molecule has 0 unspecified atom stereocenters. The molecular weight excluding hydrogens is 300 g/mol. The number of hydrogen-bond donors (Lipinski definition) is 1. The van der Waals surface area contributed by atoms with Crippen molar-refractivity contribution in [2.24, 2.45) is 11.1 Å². The van der Waals surface area contributed by atoms with Gasteiger partial charge < -0.3 is 15.2 Å². The minimum absolute atomic E-state index is 0.162. The molecule has 22 heavy (non-hydrogen) atoms. The summed E-state index contributed by atoms with van der Waals surface area (Å²) in [6, 6.07) is 9.62. The van der Waals surface area contributed by atoms with Crippen molar-refractivity contribution in [2.45, 2.75) is 12.8 Å². The molecule has 0 amide bonds. The Balaban J connectivity index is 1.83. The molecule has 0 spiro atoms. The van der Waals surface area contributed by atoms with E-state index >= 15 is 0 Å². The van der Waals surface area contributed by atoms with Crippen LogP contribution in [0.2, 0.25) is 5.15 Å². The van der Waals surface area contributed by atoms with Crippen LogP contribution < -0.4 is 15.2 Å². The van der Waals surface area contributed by atoms with Gasteiger partial charge in [0, 0.05) is 17.5 Å². The summed E-state index contributed by atoms with van der Waals surface area (Å²) in [6.07, 6.45) is 3.92. The predicted molar refractivity (Wildman–Crippen MR) is 87.5 cm³/mol. The van der Waals surface area contributed by atoms with Crippen LogP contribution >= 0.6 is 11.6 Å². The third-order valence-corrected chi connectivity index (χ3v) is 4.43. The number of nitrogens with two attached hydrogens (primary N) is 1. The van der Waals surface area contributed by atoms with Crippen molar-refractivity contribution < 1.29 is 9.47 Å². The van der Waals surface area contributed by atoms with Crippen LogP contribution in [-0.4, -0.2) is 25.2 Å². The highest BCUT2D eigenvalue weighted by Gasteiger charge is 2.42. The van der Waals surface area contributed by atoms with Gasteiger partial charge in [-0.2, -0.15) is 0 Å². The highest BCUT2D eigenvalue weighted by molar-refractivity contribution is 6.32. The summed E-state index contributed by atoms with van der Waals surface area (Å²) in [7, 11) is 1.64. The second-order valence-electron chi connectivity index (χ2n) is 5.73. The highest BCUT2D eigenvalue weighted by atomic mass is 35.5. The van der Waals surface area contributed by atoms with Crippen LogP contribution in [0.4, 0.5) is 0 Å². The standard InChI is InChI=1S/C17H19ClN2O2/c1-21-13-4-2-3-12(7-13)15-8-14(9-20-16(15)18)22-11-17(10-19)5-6-17/h2-4,7-9H,5-6,10-11,19H2,1H3. The van der Waals surface area contributed by atoms with Gasteiger partial charge in [-0.15, -0.1) is 0 Å². The molecule has 1 heterocycles. The van der Waals surface area contributed by atoms with Crippen LogP contribution in [0.1, 0.15) is 12.8 Å². The minimum Gasteiger partial charge on any atom is -0.497 e. The Morgan fingerprint density at radius 1 is 1.27 bits per heavy atom. The van der Waals surface area contributed by atoms with Crippen molar-refractivity contribution in [3.63, 3.8) is 0 Å². The molecular formula is C17H19ClN2O2. The van der Waals surface area contributed by atoms with Crippen molar-refractivity contribution in [3.05, 3.63) is 41.7 Å². The fraction of sp³-hybridized carbons (Fsp3) is 0.353. The summed E-state index contributed by atoms with van der Waals surface area (Å²) < 4.78 is 11.1. The zero-order chi connectivity index (χ0) is 15.6.